The van der Waals surface area contributed by atoms with Gasteiger partial charge in [0.1, 0.15) is 32.6 Å². The summed E-state index contributed by atoms with van der Waals surface area (Å²) in [5, 5.41) is 3.24. The van der Waals surface area contributed by atoms with Crippen molar-refractivity contribution in [1.29, 1.82) is 0 Å². The summed E-state index contributed by atoms with van der Waals surface area (Å²) in [6.07, 6.45) is 17.8. The number of methoxy groups -OCH3 is 1. The van der Waals surface area contributed by atoms with Crippen molar-refractivity contribution in [3.8, 4) is 0 Å². The molecule has 36 nitrogen and oxygen atoms in total. The molecule has 5 rings (SSSR count). The van der Waals surface area contributed by atoms with Crippen molar-refractivity contribution in [2.24, 2.45) is 0 Å². The van der Waals surface area contributed by atoms with Gasteiger partial charge < -0.3 is 143 Å². The minimum atomic E-state index is -5.21. The van der Waals surface area contributed by atoms with Crippen LogP contribution in [0.25, 0.3) is 10.8 Å². The maximum Gasteiger partial charge on any atom is 0.220 e. The summed E-state index contributed by atoms with van der Waals surface area (Å²) in [7, 11) is -8.74. The molecule has 38 heteroatoms. The SMILES string of the molecule is CCCCN1C(=CC=CC=CC2=[N+](CCCCCC(=O)NCCOCCOCCOCCOCCOCCOCCOCCOCCOCCOCCOCCOCCOCCOCCOCCOCCOCCOCCOCCOCCOCCOCCOCCOC)c3ccc(C)cc3C2(C)C)C(C)(CCCCCC(C)=O)c2c1ccc1c(S(=O)(=O)[O-])cc(S(=O)(=O)[O-])cc21.CC[NH+](CC)CC. The van der Waals surface area contributed by atoms with Crippen molar-refractivity contribution in [2.45, 2.75) is 154 Å². The summed E-state index contributed by atoms with van der Waals surface area (Å²) < 4.78 is 211. The number of anilines is 1. The predicted octanol–water partition coefficient (Wildman–Crippen LogP) is 9.08. The standard InChI is InChI=1S/C95H157N3O32S2.C6H15N/c1-8-9-29-98-88-26-24-84-85(79-83(131(101,102)103)80-89(84)132(104,105)106)93(88)95(6,27-17-11-13-19-82(3)99)91(98)21-15-10-14-20-90-94(4,5)86-78-81(2)23-25-87(86)97(90)30-18-12-16-22-92(100)96-28-31-108-34-35-110-38-39-112-42-43-114-46-47-116-50-51-118-54-55-120-58-59-122-62-63-124-66-67-126-70-71-128-74-75-130-77-76-129-73-72-127-69-68-125-65-64-123-61-60-121-57-56-119-53-52-117-49-48-115-45-44-113-41-40-111-37-36-109-33-32-107-7;1-4-7(5-2)6-3/h10,14-15,20-21,23-26,78-80H,8-9,11-13,16-19,22,27-77H2,1-7H3,(H2-,96,100,101,102,103,104,105,106);4-6H2,1-3H3. The number of ketones is 1. The lowest BCUT2D eigenvalue weighted by molar-refractivity contribution is -0.894. The number of hydrogen-bond acceptors (Lipinski definition) is 33. The van der Waals surface area contributed by atoms with Gasteiger partial charge >= 0.3 is 0 Å². The minimum absolute atomic E-state index is 0.0196. The number of unbranched alkanes of at least 4 members (excludes halogenated alkanes) is 5. The molecule has 0 spiro atoms. The van der Waals surface area contributed by atoms with Crippen molar-refractivity contribution in [3.05, 3.63) is 95.2 Å². The van der Waals surface area contributed by atoms with Crippen molar-refractivity contribution in [3.63, 3.8) is 0 Å². The molecule has 0 radical (unpaired) electrons. The lowest BCUT2D eigenvalue weighted by Crippen LogP contribution is -3.11. The molecule has 2 N–H and O–H groups in total. The monoisotopic (exact) mass is 2020 g/mol. The lowest BCUT2D eigenvalue weighted by atomic mass is 9.75. The normalized spacial score (nSPS) is 14.7. The summed E-state index contributed by atoms with van der Waals surface area (Å²) in [6, 6.07) is 11.7. The van der Waals surface area contributed by atoms with Gasteiger partial charge in [-0.1, -0.05) is 62.1 Å². The van der Waals surface area contributed by atoms with E-state index in [-0.39, 0.29) is 27.9 Å². The molecule has 3 aromatic carbocycles. The molecule has 2 aliphatic rings. The van der Waals surface area contributed by atoms with Crippen LogP contribution in [-0.4, -0.2) is 405 Å². The van der Waals surface area contributed by atoms with Crippen LogP contribution in [0.5, 0.6) is 0 Å². The van der Waals surface area contributed by atoms with Gasteiger partial charge in [-0.2, -0.15) is 4.58 Å². The lowest BCUT2D eigenvalue weighted by Gasteiger charge is -2.31. The molecular weight excluding hydrogens is 1850 g/mol. The van der Waals surface area contributed by atoms with E-state index in [2.05, 4.69) is 87.5 Å². The Morgan fingerprint density at radius 2 is 0.784 bits per heavy atom. The van der Waals surface area contributed by atoms with Gasteiger partial charge in [0.2, 0.25) is 11.6 Å². The van der Waals surface area contributed by atoms with Gasteiger partial charge in [-0.25, -0.2) is 16.8 Å². The van der Waals surface area contributed by atoms with Crippen LogP contribution in [0.3, 0.4) is 0 Å². The van der Waals surface area contributed by atoms with Crippen LogP contribution in [0.4, 0.5) is 11.4 Å². The van der Waals surface area contributed by atoms with Crippen molar-refractivity contribution < 1.29 is 159 Å². The van der Waals surface area contributed by atoms with Crippen LogP contribution in [0.15, 0.2) is 88.3 Å². The second-order valence-corrected chi connectivity index (χ2v) is 36.2. The van der Waals surface area contributed by atoms with E-state index in [0.717, 1.165) is 67.9 Å². The molecule has 1 amide bonds. The number of carbonyl (C=O) groups is 2. The first-order chi connectivity index (χ1) is 67.6. The zero-order valence-electron chi connectivity index (χ0n) is 85.5. The van der Waals surface area contributed by atoms with Gasteiger partial charge in [0.15, 0.2) is 5.71 Å². The first-order valence-corrected chi connectivity index (χ1v) is 52.9. The number of nitrogens with zero attached hydrogens (tertiary/aromatic N) is 2. The van der Waals surface area contributed by atoms with Crippen molar-refractivity contribution in [2.75, 3.05) is 362 Å². The number of allylic oxidation sites excluding steroid dienone is 6. The van der Waals surface area contributed by atoms with Crippen LogP contribution >= 0.6 is 0 Å². The van der Waals surface area contributed by atoms with Gasteiger partial charge in [0, 0.05) is 74.0 Å². The third-order valence-electron chi connectivity index (χ3n) is 22.5. The Morgan fingerprint density at radius 3 is 1.13 bits per heavy atom. The molecule has 1 unspecified atom stereocenters. The Bertz CT molecular complexity index is 3990. The highest BCUT2D eigenvalue weighted by Crippen LogP contribution is 2.54. The number of ether oxygens (including phenoxy) is 24. The number of benzene rings is 3. The maximum absolute atomic E-state index is 12.8. The smallest absolute Gasteiger partial charge is 0.220 e. The molecule has 2 heterocycles. The Balaban J connectivity index is 0.00000553. The number of aryl methyl sites for hydroxylation is 1. The number of nitrogens with one attached hydrogen (secondary N) is 2. The molecule has 3 aromatic rings. The number of carbonyl (C=O) groups excluding carboxylic acids is 2. The summed E-state index contributed by atoms with van der Waals surface area (Å²) in [6.45, 7) is 46.7. The summed E-state index contributed by atoms with van der Waals surface area (Å²) in [4.78, 5) is 27.0. The molecule has 0 aliphatic carbocycles. The molecule has 0 saturated carbocycles. The Labute approximate surface area is 830 Å². The quantitative estimate of drug-likeness (QED) is 0.0230. The number of rotatable bonds is 95. The van der Waals surface area contributed by atoms with Crippen LogP contribution in [0.1, 0.15) is 143 Å². The van der Waals surface area contributed by atoms with E-state index in [4.69, 9.17) is 114 Å². The molecule has 800 valence electrons. The predicted molar refractivity (Wildman–Crippen MR) is 528 cm³/mol. The Morgan fingerprint density at radius 1 is 0.417 bits per heavy atom. The van der Waals surface area contributed by atoms with Gasteiger partial charge in [0.05, 0.1) is 345 Å². The average molecular weight is 2020 g/mol. The number of Topliss-reactive ketones (excluding diaryl/α,β-unsaturated/α-hetero) is 1. The zero-order valence-corrected chi connectivity index (χ0v) is 87.1. The van der Waals surface area contributed by atoms with E-state index in [1.54, 1.807) is 25.0 Å². The van der Waals surface area contributed by atoms with E-state index in [1.807, 2.05) is 31.2 Å². The molecule has 0 bridgehead atoms. The van der Waals surface area contributed by atoms with Crippen molar-refractivity contribution >= 4 is 59.8 Å². The largest absolute Gasteiger partial charge is 0.744 e. The zero-order chi connectivity index (χ0) is 101. The van der Waals surface area contributed by atoms with Gasteiger partial charge in [-0.05, 0) is 134 Å². The molecule has 0 fully saturated rings. The number of hydrogen-bond donors (Lipinski definition) is 2. The maximum atomic E-state index is 12.8. The fraction of sp³-hybridized carbons (Fsp3) is 0.752. The van der Waals surface area contributed by atoms with E-state index >= 15 is 0 Å². The number of fused-ring (bicyclic) bond motifs is 4. The third-order valence-corrected chi connectivity index (χ3v) is 24.2. The van der Waals surface area contributed by atoms with Gasteiger partial charge in [-0.15, -0.1) is 0 Å². The summed E-state index contributed by atoms with van der Waals surface area (Å²) >= 11 is 0. The number of quaternary nitrogens is 1. The van der Waals surface area contributed by atoms with Crippen LogP contribution in [-0.2, 0) is 154 Å². The highest BCUT2D eigenvalue weighted by molar-refractivity contribution is 7.86. The van der Waals surface area contributed by atoms with E-state index in [0.29, 0.717) is 367 Å². The van der Waals surface area contributed by atoms with Crippen LogP contribution in [0, 0.1) is 6.92 Å². The summed E-state index contributed by atoms with van der Waals surface area (Å²) in [5.41, 5.74) is 5.80. The highest BCUT2D eigenvalue weighted by atomic mass is 32.2. The Hall–Kier alpha value is -5.43. The fourth-order valence-electron chi connectivity index (χ4n) is 15.0. The molecular formula is C101H172N4O32S2. The molecule has 2 aliphatic heterocycles. The van der Waals surface area contributed by atoms with E-state index in [9.17, 15) is 35.5 Å². The first kappa shape index (κ1) is 126. The molecule has 0 aromatic heterocycles. The average Bonchev–Trinajstić information content (AvgIpc) is 1.56. The van der Waals surface area contributed by atoms with E-state index in [1.165, 1.54) is 42.9 Å². The van der Waals surface area contributed by atoms with Gasteiger partial charge in [-0.3, -0.25) is 4.79 Å². The number of amides is 1. The highest BCUT2D eigenvalue weighted by Gasteiger charge is 2.46. The molecule has 139 heavy (non-hydrogen) atoms. The second kappa shape index (κ2) is 81.7. The van der Waals surface area contributed by atoms with Crippen molar-refractivity contribution in [1.82, 2.24) is 5.32 Å². The Kier molecular flexibility index (Phi) is 74.0. The van der Waals surface area contributed by atoms with Crippen LogP contribution < -0.4 is 15.1 Å². The fourth-order valence-corrected chi connectivity index (χ4v) is 16.3. The van der Waals surface area contributed by atoms with E-state index < -0.39 is 35.4 Å². The minimum Gasteiger partial charge on any atom is -0.744 e. The second-order valence-electron chi connectivity index (χ2n) is 33.5. The third kappa shape index (κ3) is 57.9. The molecule has 1 atom stereocenters. The molecule has 0 saturated heterocycles. The first-order valence-electron chi connectivity index (χ1n) is 50.1. The van der Waals surface area contributed by atoms with Gasteiger partial charge in [0.25, 0.3) is 0 Å². The topological polar surface area (TPSA) is 393 Å². The van der Waals surface area contributed by atoms with Crippen LogP contribution in [0.2, 0.25) is 0 Å². The summed E-state index contributed by atoms with van der Waals surface area (Å²) in [5.74, 6) is 0.0762.